The molecule has 3 aliphatic heterocycles. The molecule has 0 amide bonds. The van der Waals surface area contributed by atoms with E-state index >= 15 is 0 Å². The zero-order valence-corrected chi connectivity index (χ0v) is 25.2. The van der Waals surface area contributed by atoms with Gasteiger partial charge in [0.05, 0.1) is 31.5 Å². The van der Waals surface area contributed by atoms with Crippen LogP contribution in [-0.4, -0.2) is 93.0 Å². The Labute approximate surface area is 243 Å². The second-order valence-corrected chi connectivity index (χ2v) is 15.6. The molecule has 4 aliphatic carbocycles. The van der Waals surface area contributed by atoms with E-state index < -0.39 is 42.1 Å². The Morgan fingerprint density at radius 2 is 1.61 bits per heavy atom. The molecule has 234 valence electrons. The van der Waals surface area contributed by atoms with Gasteiger partial charge >= 0.3 is 0 Å². The molecule has 5 N–H and O–H groups in total. The predicted molar refractivity (Wildman–Crippen MR) is 147 cm³/mol. The Kier molecular flexibility index (Phi) is 7.03. The Balaban J connectivity index is 1.16. The normalized spacial score (nSPS) is 62.1. The van der Waals surface area contributed by atoms with Crippen LogP contribution in [0.1, 0.15) is 85.5 Å². The molecular weight excluding hydrogens is 528 g/mol. The molecule has 0 aromatic carbocycles. The van der Waals surface area contributed by atoms with Gasteiger partial charge in [0, 0.05) is 24.2 Å². The summed E-state index contributed by atoms with van der Waals surface area (Å²) in [5, 5.41) is 54.4. The molecule has 9 heteroatoms. The minimum Gasteiger partial charge on any atom is -0.393 e. The summed E-state index contributed by atoms with van der Waals surface area (Å²) in [5.74, 6) is 1.06. The number of hydrogen-bond donors (Lipinski definition) is 5. The SMILES string of the molecule is CC1CCC2(OC1)OC1CC3C4CCC5CC(O)CC(OC6OCC(O)C(O)C6O)C5(C)C4CCC3(C)C1(O)C2C. The molecule has 9 nitrogen and oxygen atoms in total. The maximum Gasteiger partial charge on any atom is 0.186 e. The fraction of sp³-hybridized carbons (Fsp3) is 1.00. The fourth-order valence-electron chi connectivity index (χ4n) is 11.5. The molecule has 7 rings (SSSR count). The predicted octanol–water partition coefficient (Wildman–Crippen LogP) is 2.34. The van der Waals surface area contributed by atoms with Gasteiger partial charge < -0.3 is 44.5 Å². The lowest BCUT2D eigenvalue weighted by molar-refractivity contribution is -0.313. The molecule has 0 aromatic rings. The number of aliphatic hydroxyl groups excluding tert-OH is 4. The van der Waals surface area contributed by atoms with E-state index in [1.165, 1.54) is 0 Å². The minimum absolute atomic E-state index is 0.0985. The van der Waals surface area contributed by atoms with Crippen LogP contribution in [0.15, 0.2) is 0 Å². The van der Waals surface area contributed by atoms with Gasteiger partial charge in [-0.25, -0.2) is 0 Å². The van der Waals surface area contributed by atoms with E-state index in [0.29, 0.717) is 36.7 Å². The van der Waals surface area contributed by atoms with Crippen molar-refractivity contribution in [3.63, 3.8) is 0 Å². The molecular formula is C32H52O9. The van der Waals surface area contributed by atoms with E-state index in [-0.39, 0.29) is 41.5 Å². The zero-order valence-electron chi connectivity index (χ0n) is 25.2. The average Bonchev–Trinajstić information content (AvgIpc) is 3.29. The standard InChI is InChI=1S/C32H52O9/c1-16-7-10-31(39-14-16)17(2)32(37)25(41-31)13-22-20-6-5-18-11-19(33)12-24(30(18,4)21(20)8-9-29(22,32)3)40-28-27(36)26(35)23(34)15-38-28/h16-28,33-37H,5-15H2,1-4H3. The van der Waals surface area contributed by atoms with Crippen molar-refractivity contribution in [3.05, 3.63) is 0 Å². The lowest BCUT2D eigenvalue weighted by atomic mass is 9.43. The van der Waals surface area contributed by atoms with Gasteiger partial charge in [-0.15, -0.1) is 0 Å². The molecule has 1 spiro atoms. The summed E-state index contributed by atoms with van der Waals surface area (Å²) in [6.45, 7) is 9.56. The van der Waals surface area contributed by atoms with Gasteiger partial charge in [-0.05, 0) is 80.0 Å². The van der Waals surface area contributed by atoms with Crippen molar-refractivity contribution >= 4 is 0 Å². The van der Waals surface area contributed by atoms with Crippen LogP contribution in [0.4, 0.5) is 0 Å². The maximum atomic E-state index is 12.7. The summed E-state index contributed by atoms with van der Waals surface area (Å²) in [4.78, 5) is 0. The molecule has 0 bridgehead atoms. The Morgan fingerprint density at radius 1 is 0.829 bits per heavy atom. The van der Waals surface area contributed by atoms with Crippen molar-refractivity contribution in [1.82, 2.24) is 0 Å². The monoisotopic (exact) mass is 580 g/mol. The van der Waals surface area contributed by atoms with Gasteiger partial charge in [-0.1, -0.05) is 27.7 Å². The van der Waals surface area contributed by atoms with Gasteiger partial charge in [-0.2, -0.15) is 0 Å². The van der Waals surface area contributed by atoms with Gasteiger partial charge in [0.2, 0.25) is 0 Å². The van der Waals surface area contributed by atoms with Gasteiger partial charge in [0.15, 0.2) is 12.1 Å². The highest BCUT2D eigenvalue weighted by Crippen LogP contribution is 2.73. The highest BCUT2D eigenvalue weighted by molar-refractivity contribution is 5.23. The van der Waals surface area contributed by atoms with Gasteiger partial charge in [0.25, 0.3) is 0 Å². The highest BCUT2D eigenvalue weighted by Gasteiger charge is 2.76. The minimum atomic E-state index is -1.35. The van der Waals surface area contributed by atoms with E-state index in [1.54, 1.807) is 0 Å². The van der Waals surface area contributed by atoms with Crippen molar-refractivity contribution in [1.29, 1.82) is 0 Å². The third-order valence-corrected chi connectivity index (χ3v) is 14.0. The van der Waals surface area contributed by atoms with Crippen molar-refractivity contribution in [3.8, 4) is 0 Å². The molecule has 41 heavy (non-hydrogen) atoms. The molecule has 3 saturated heterocycles. The van der Waals surface area contributed by atoms with E-state index in [9.17, 15) is 25.5 Å². The summed E-state index contributed by atoms with van der Waals surface area (Å²) in [6.07, 6.45) is 1.87. The third kappa shape index (κ3) is 3.92. The number of ether oxygens (including phenoxy) is 4. The summed E-state index contributed by atoms with van der Waals surface area (Å²) in [5.41, 5.74) is -1.45. The van der Waals surface area contributed by atoms with Gasteiger partial charge in [-0.3, -0.25) is 0 Å². The van der Waals surface area contributed by atoms with Gasteiger partial charge in [0.1, 0.15) is 23.9 Å². The average molecular weight is 581 g/mol. The second kappa shape index (κ2) is 9.82. The van der Waals surface area contributed by atoms with Crippen LogP contribution in [0.5, 0.6) is 0 Å². The van der Waals surface area contributed by atoms with Crippen molar-refractivity contribution in [2.75, 3.05) is 13.2 Å². The summed E-state index contributed by atoms with van der Waals surface area (Å²) < 4.78 is 25.4. The number of hydrogen-bond acceptors (Lipinski definition) is 9. The molecule has 7 aliphatic rings. The first-order valence-electron chi connectivity index (χ1n) is 16.4. The third-order valence-electron chi connectivity index (χ3n) is 14.0. The first kappa shape index (κ1) is 29.4. The Morgan fingerprint density at radius 3 is 2.34 bits per heavy atom. The largest absolute Gasteiger partial charge is 0.393 e. The molecule has 7 fully saturated rings. The lowest BCUT2D eigenvalue weighted by Crippen LogP contribution is -2.64. The van der Waals surface area contributed by atoms with Crippen LogP contribution in [0.3, 0.4) is 0 Å². The molecule has 3 heterocycles. The Bertz CT molecular complexity index is 1000. The van der Waals surface area contributed by atoms with Crippen LogP contribution in [0.2, 0.25) is 0 Å². The number of aliphatic hydroxyl groups is 5. The van der Waals surface area contributed by atoms with E-state index in [0.717, 1.165) is 51.4 Å². The second-order valence-electron chi connectivity index (χ2n) is 15.6. The molecule has 0 aromatic heterocycles. The summed E-state index contributed by atoms with van der Waals surface area (Å²) >= 11 is 0. The summed E-state index contributed by atoms with van der Waals surface area (Å²) in [7, 11) is 0. The van der Waals surface area contributed by atoms with Crippen LogP contribution >= 0.6 is 0 Å². The number of fused-ring (bicyclic) bond motifs is 7. The van der Waals surface area contributed by atoms with Crippen LogP contribution in [0.25, 0.3) is 0 Å². The molecule has 0 radical (unpaired) electrons. The van der Waals surface area contributed by atoms with Crippen molar-refractivity contribution in [2.24, 2.45) is 46.3 Å². The summed E-state index contributed by atoms with van der Waals surface area (Å²) in [6, 6.07) is 0. The Hall–Kier alpha value is -0.360. The highest BCUT2D eigenvalue weighted by atomic mass is 16.7. The smallest absolute Gasteiger partial charge is 0.186 e. The van der Waals surface area contributed by atoms with Crippen LogP contribution < -0.4 is 0 Å². The molecule has 17 unspecified atom stereocenters. The van der Waals surface area contributed by atoms with Crippen molar-refractivity contribution in [2.45, 2.75) is 140 Å². The quantitative estimate of drug-likeness (QED) is 0.333. The van der Waals surface area contributed by atoms with Crippen LogP contribution in [0, 0.1) is 46.3 Å². The molecule has 17 atom stereocenters. The first-order valence-corrected chi connectivity index (χ1v) is 16.4. The first-order chi connectivity index (χ1) is 19.3. The van der Waals surface area contributed by atoms with E-state index in [1.807, 2.05) is 0 Å². The van der Waals surface area contributed by atoms with Crippen LogP contribution in [-0.2, 0) is 18.9 Å². The van der Waals surface area contributed by atoms with E-state index in [2.05, 4.69) is 27.7 Å². The van der Waals surface area contributed by atoms with E-state index in [4.69, 9.17) is 18.9 Å². The fourth-order valence-corrected chi connectivity index (χ4v) is 11.5. The maximum absolute atomic E-state index is 12.7. The topological polar surface area (TPSA) is 138 Å². The zero-order chi connectivity index (χ0) is 29.1. The molecule has 4 saturated carbocycles. The lowest BCUT2D eigenvalue weighted by Gasteiger charge is -2.64. The number of rotatable bonds is 2. The van der Waals surface area contributed by atoms with Crippen molar-refractivity contribution < 1.29 is 44.5 Å².